The van der Waals surface area contributed by atoms with Gasteiger partial charge in [0.1, 0.15) is 31.2 Å². The number of thioether (sulfide) groups is 2. The molecule has 1 fully saturated rings. The van der Waals surface area contributed by atoms with Crippen molar-refractivity contribution in [3.05, 3.63) is 95.0 Å². The van der Waals surface area contributed by atoms with E-state index in [0.29, 0.717) is 31.2 Å². The number of nitrogens with zero attached hydrogens (tertiary/aromatic N) is 4. The molecule has 0 saturated heterocycles. The van der Waals surface area contributed by atoms with E-state index in [9.17, 15) is 9.59 Å². The molecule has 2 amide bonds. The minimum absolute atomic E-state index is 0.101. The van der Waals surface area contributed by atoms with Crippen molar-refractivity contribution in [2.24, 2.45) is 17.4 Å². The van der Waals surface area contributed by atoms with Crippen LogP contribution in [0.3, 0.4) is 0 Å². The quantitative estimate of drug-likeness (QED) is 0.0909. The molecule has 1 aliphatic rings. The lowest BCUT2D eigenvalue weighted by atomic mass is 9.91. The van der Waals surface area contributed by atoms with E-state index >= 15 is 0 Å². The molecule has 6 rings (SSSR count). The highest BCUT2D eigenvalue weighted by molar-refractivity contribution is 7.99. The van der Waals surface area contributed by atoms with Crippen LogP contribution in [0.2, 0.25) is 5.02 Å². The summed E-state index contributed by atoms with van der Waals surface area (Å²) in [7, 11) is 0. The van der Waals surface area contributed by atoms with Crippen LogP contribution in [0.4, 0.5) is 21.4 Å². The largest absolute Gasteiger partial charge is 0.365 e. The third-order valence-corrected chi connectivity index (χ3v) is 11.8. The van der Waals surface area contributed by atoms with Crippen molar-refractivity contribution < 1.29 is 9.59 Å². The van der Waals surface area contributed by atoms with Crippen LogP contribution < -0.4 is 22.1 Å². The molecule has 6 N–H and O–H groups in total. The molecule has 0 spiro atoms. The van der Waals surface area contributed by atoms with Gasteiger partial charge in [-0.15, -0.1) is 11.8 Å². The van der Waals surface area contributed by atoms with Crippen molar-refractivity contribution in [1.82, 2.24) is 18.7 Å². The minimum Gasteiger partial charge on any atom is -0.365 e. The van der Waals surface area contributed by atoms with Gasteiger partial charge in [0.05, 0.1) is 23.8 Å². The molecule has 4 aromatic heterocycles. The van der Waals surface area contributed by atoms with E-state index in [1.807, 2.05) is 55.5 Å². The summed E-state index contributed by atoms with van der Waals surface area (Å²) in [5.74, 6) is 0.796. The Labute approximate surface area is 301 Å². The summed E-state index contributed by atoms with van der Waals surface area (Å²) in [6.45, 7) is 2.05. The van der Waals surface area contributed by atoms with Crippen LogP contribution in [0, 0.1) is 5.92 Å². The molecule has 4 heterocycles. The van der Waals surface area contributed by atoms with Crippen LogP contribution in [0.15, 0.2) is 83.4 Å². The monoisotopic (exact) mass is 738 g/mol. The van der Waals surface area contributed by atoms with E-state index in [2.05, 4.69) is 29.3 Å². The summed E-state index contributed by atoms with van der Waals surface area (Å²) >= 11 is 11.6. The number of rotatable bonds is 12. The smallest absolute Gasteiger partial charge is 0.254 e. The number of carbonyl (C=O) groups excluding carboxylic acids is 2. The van der Waals surface area contributed by atoms with E-state index in [0.717, 1.165) is 33.6 Å². The Morgan fingerprint density at radius 1 is 0.854 bits per heavy atom. The molecule has 0 bridgehead atoms. The van der Waals surface area contributed by atoms with E-state index in [1.165, 1.54) is 66.9 Å². The van der Waals surface area contributed by atoms with Crippen molar-refractivity contribution in [2.45, 2.75) is 54.3 Å². The maximum Gasteiger partial charge on any atom is 0.254 e. The zero-order chi connectivity index (χ0) is 33.9. The second-order valence-corrected chi connectivity index (χ2v) is 15.3. The minimum atomic E-state index is -0.508. The second kappa shape index (κ2) is 17.6. The van der Waals surface area contributed by atoms with Crippen LogP contribution in [0.1, 0.15) is 70.6 Å². The number of carbonyl (C=O) groups is 2. The van der Waals surface area contributed by atoms with Gasteiger partial charge in [0.25, 0.3) is 11.8 Å². The lowest BCUT2D eigenvalue weighted by Crippen LogP contribution is -2.14. The molecule has 1 saturated carbocycles. The molecular formula is C33H35ClN8O2S4. The van der Waals surface area contributed by atoms with Crippen molar-refractivity contribution in [3.63, 3.8) is 0 Å². The van der Waals surface area contributed by atoms with Crippen molar-refractivity contribution in [1.29, 1.82) is 0 Å². The molecule has 1 aliphatic carbocycles. The first kappa shape index (κ1) is 35.6. The number of anilines is 4. The average Bonchev–Trinajstić information content (AvgIpc) is 3.69. The number of hydrogen-bond donors (Lipinski definition) is 4. The van der Waals surface area contributed by atoms with Gasteiger partial charge in [-0.2, -0.15) is 8.75 Å². The van der Waals surface area contributed by atoms with Crippen LogP contribution in [0.25, 0.3) is 0 Å². The summed E-state index contributed by atoms with van der Waals surface area (Å²) in [5.41, 5.74) is 14.8. The van der Waals surface area contributed by atoms with E-state index < -0.39 is 11.8 Å². The molecule has 0 radical (unpaired) electrons. The molecule has 1 aromatic carbocycles. The third-order valence-electron chi connectivity index (χ3n) is 7.46. The van der Waals surface area contributed by atoms with Gasteiger partial charge in [-0.3, -0.25) is 19.6 Å². The third kappa shape index (κ3) is 9.92. The van der Waals surface area contributed by atoms with Crippen molar-refractivity contribution >= 4 is 91.4 Å². The number of aromatic nitrogens is 4. The molecular weight excluding hydrogens is 704 g/mol. The Morgan fingerprint density at radius 3 is 1.92 bits per heavy atom. The number of halogens is 1. The summed E-state index contributed by atoms with van der Waals surface area (Å²) in [6, 6.07) is 15.0. The summed E-state index contributed by atoms with van der Waals surface area (Å²) in [4.78, 5) is 31.9. The standard InChI is InChI=1S/C17H15ClN4OS2.C16H20N4OS2/c1-10(11-4-6-12(18)7-5-11)24-17-14(15(19)23)16(25-22-17)21-13-3-2-8-20-9-13;17-14(21)13-15(19-12-7-4-8-18-9-12)23-20-16(13)22-10-11-5-2-1-3-6-11/h2-10,21H,1H3,(H2,19,23);4,7-9,11,19H,1-3,5-6,10H2,(H2,17,21). The molecule has 0 aliphatic heterocycles. The molecule has 250 valence electrons. The Balaban J connectivity index is 0.000000188. The van der Waals surface area contributed by atoms with Gasteiger partial charge >= 0.3 is 0 Å². The fourth-order valence-electron chi connectivity index (χ4n) is 4.99. The lowest BCUT2D eigenvalue weighted by molar-refractivity contribution is 0.0990. The molecule has 1 unspecified atom stereocenters. The summed E-state index contributed by atoms with van der Waals surface area (Å²) in [6.07, 6.45) is 13.3. The van der Waals surface area contributed by atoms with Gasteiger partial charge in [-0.25, -0.2) is 0 Å². The van der Waals surface area contributed by atoms with Crippen LogP contribution >= 0.6 is 58.2 Å². The highest BCUT2D eigenvalue weighted by atomic mass is 35.5. The van der Waals surface area contributed by atoms with Crippen molar-refractivity contribution in [3.8, 4) is 0 Å². The van der Waals surface area contributed by atoms with Gasteiger partial charge in [0, 0.05) is 28.4 Å². The van der Waals surface area contributed by atoms with Crippen LogP contribution in [-0.4, -0.2) is 36.3 Å². The number of hydrogen-bond acceptors (Lipinski definition) is 12. The fraction of sp³-hybridized carbons (Fsp3) is 0.273. The number of pyridine rings is 2. The maximum absolute atomic E-state index is 12.0. The summed E-state index contributed by atoms with van der Waals surface area (Å²) < 4.78 is 8.85. The van der Waals surface area contributed by atoms with E-state index in [1.54, 1.807) is 36.5 Å². The van der Waals surface area contributed by atoms with Crippen LogP contribution in [0.5, 0.6) is 0 Å². The zero-order valence-electron chi connectivity index (χ0n) is 26.1. The first-order valence-electron chi connectivity index (χ1n) is 15.3. The maximum atomic E-state index is 12.0. The Kier molecular flexibility index (Phi) is 13.1. The SMILES string of the molecule is CC(Sc1nsc(Nc2cccnc2)c1C(N)=O)c1ccc(Cl)cc1.NC(=O)c1c(SCC2CCCCC2)nsc1Nc1cccnc1. The predicted molar refractivity (Wildman–Crippen MR) is 199 cm³/mol. The van der Waals surface area contributed by atoms with Crippen LogP contribution in [-0.2, 0) is 0 Å². The number of nitrogens with two attached hydrogens (primary N) is 2. The zero-order valence-corrected chi connectivity index (χ0v) is 30.1. The first-order chi connectivity index (χ1) is 23.3. The number of primary amides is 2. The Bertz CT molecular complexity index is 1780. The van der Waals surface area contributed by atoms with Gasteiger partial charge in [0.15, 0.2) is 0 Å². The van der Waals surface area contributed by atoms with Gasteiger partial charge < -0.3 is 22.1 Å². The molecule has 1 atom stereocenters. The van der Waals surface area contributed by atoms with Gasteiger partial charge in [-0.1, -0.05) is 54.8 Å². The topological polar surface area (TPSA) is 162 Å². The Hall–Kier alpha value is -3.69. The number of benzene rings is 1. The molecule has 5 aromatic rings. The average molecular weight is 739 g/mol. The van der Waals surface area contributed by atoms with Crippen molar-refractivity contribution in [2.75, 3.05) is 16.4 Å². The molecule has 15 heteroatoms. The molecule has 10 nitrogen and oxygen atoms in total. The fourth-order valence-corrected chi connectivity index (χ4v) is 9.31. The number of nitrogens with one attached hydrogen (secondary N) is 2. The summed E-state index contributed by atoms with van der Waals surface area (Å²) in [5, 5.41) is 9.81. The molecule has 48 heavy (non-hydrogen) atoms. The highest BCUT2D eigenvalue weighted by Crippen LogP contribution is 2.41. The second-order valence-electron chi connectivity index (χ2n) is 11.0. The normalized spacial score (nSPS) is 13.6. The van der Waals surface area contributed by atoms with E-state index in [-0.39, 0.29) is 5.25 Å². The predicted octanol–water partition coefficient (Wildman–Crippen LogP) is 8.94. The Morgan fingerprint density at radius 2 is 1.40 bits per heavy atom. The van der Waals surface area contributed by atoms with Gasteiger partial charge in [0.2, 0.25) is 0 Å². The lowest BCUT2D eigenvalue weighted by Gasteiger charge is -2.20. The number of amides is 2. The van der Waals surface area contributed by atoms with Gasteiger partial charge in [-0.05, 0) is 90.7 Å². The highest BCUT2D eigenvalue weighted by Gasteiger charge is 2.23. The van der Waals surface area contributed by atoms with E-state index in [4.69, 9.17) is 23.1 Å². The first-order valence-corrected chi connectivity index (χ1v) is 19.1.